The van der Waals surface area contributed by atoms with E-state index >= 15 is 0 Å². The van der Waals surface area contributed by atoms with Crippen LogP contribution in [-0.2, 0) is 0 Å². The second kappa shape index (κ2) is 4.70. The molecule has 7 heteroatoms. The van der Waals surface area contributed by atoms with Gasteiger partial charge in [0.15, 0.2) is 0 Å². The normalized spacial score (nSPS) is 23.3. The maximum atomic E-state index is 9.18. The maximum absolute atomic E-state index is 9.18. The number of anilines is 2. The molecule has 0 saturated heterocycles. The summed E-state index contributed by atoms with van der Waals surface area (Å²) < 4.78 is 5.36. The van der Waals surface area contributed by atoms with E-state index in [4.69, 9.17) is 10.5 Å². The zero-order valence-corrected chi connectivity index (χ0v) is 9.92. The number of nitrogens with one attached hydrogen (secondary N) is 1. The van der Waals surface area contributed by atoms with E-state index in [1.54, 1.807) is 0 Å². The molecule has 0 aliphatic heterocycles. The highest BCUT2D eigenvalue weighted by Crippen LogP contribution is 2.23. The van der Waals surface area contributed by atoms with Gasteiger partial charge in [-0.3, -0.25) is 0 Å². The number of ether oxygens (including phenoxy) is 1. The van der Waals surface area contributed by atoms with E-state index in [9.17, 15) is 5.11 Å². The molecule has 17 heavy (non-hydrogen) atoms. The fourth-order valence-corrected chi connectivity index (χ4v) is 1.59. The van der Waals surface area contributed by atoms with Gasteiger partial charge >= 0.3 is 6.01 Å². The minimum Gasteiger partial charge on any atom is -0.461 e. The number of hydrogen-bond donors (Lipinski definition) is 3. The van der Waals surface area contributed by atoms with Crippen LogP contribution in [0.3, 0.4) is 0 Å². The van der Waals surface area contributed by atoms with Crippen LogP contribution in [-0.4, -0.2) is 38.3 Å². The third-order valence-electron chi connectivity index (χ3n) is 2.42. The van der Waals surface area contributed by atoms with Crippen molar-refractivity contribution in [3.05, 3.63) is 0 Å². The molecule has 0 amide bonds. The van der Waals surface area contributed by atoms with Gasteiger partial charge in [-0.15, -0.1) is 0 Å². The third-order valence-corrected chi connectivity index (χ3v) is 2.42. The van der Waals surface area contributed by atoms with Crippen molar-refractivity contribution in [3.63, 3.8) is 0 Å². The highest BCUT2D eigenvalue weighted by atomic mass is 16.5. The molecule has 0 spiro atoms. The molecule has 7 nitrogen and oxygen atoms in total. The van der Waals surface area contributed by atoms with E-state index in [1.165, 1.54) is 0 Å². The molecule has 1 fully saturated rings. The van der Waals surface area contributed by atoms with E-state index in [0.717, 1.165) is 0 Å². The fourth-order valence-electron chi connectivity index (χ4n) is 1.59. The number of aliphatic hydroxyl groups excluding tert-OH is 1. The number of nitrogen functional groups attached to an aromatic ring is 1. The topological polar surface area (TPSA) is 106 Å². The van der Waals surface area contributed by atoms with Crippen LogP contribution in [0.4, 0.5) is 11.9 Å². The highest BCUT2D eigenvalue weighted by Gasteiger charge is 2.27. The first-order valence-electron chi connectivity index (χ1n) is 5.65. The van der Waals surface area contributed by atoms with Crippen molar-refractivity contribution < 1.29 is 9.84 Å². The Morgan fingerprint density at radius 1 is 1.35 bits per heavy atom. The zero-order valence-electron chi connectivity index (χ0n) is 9.92. The Hall–Kier alpha value is -1.63. The lowest BCUT2D eigenvalue weighted by molar-refractivity contribution is 0.0834. The van der Waals surface area contributed by atoms with Gasteiger partial charge in [0.1, 0.15) is 0 Å². The standard InChI is InChI=1S/C10H17N5O2/c1-5(2)17-10-14-8(11)13-9(15-10)12-6-3-7(16)4-6/h5-7,16H,3-4H2,1-2H3,(H3,11,12,13,14,15). The summed E-state index contributed by atoms with van der Waals surface area (Å²) in [5, 5.41) is 12.3. The molecule has 1 heterocycles. The van der Waals surface area contributed by atoms with Crippen LogP contribution >= 0.6 is 0 Å². The second-order valence-corrected chi connectivity index (χ2v) is 4.43. The Bertz CT molecular complexity index is 392. The summed E-state index contributed by atoms with van der Waals surface area (Å²) in [5.74, 6) is 0.517. The second-order valence-electron chi connectivity index (χ2n) is 4.43. The number of aliphatic hydroxyl groups is 1. The van der Waals surface area contributed by atoms with Crippen molar-refractivity contribution in [1.29, 1.82) is 0 Å². The summed E-state index contributed by atoms with van der Waals surface area (Å²) in [6.07, 6.45) is 1.16. The van der Waals surface area contributed by atoms with Crippen LogP contribution in [0.1, 0.15) is 26.7 Å². The van der Waals surface area contributed by atoms with E-state index in [1.807, 2.05) is 13.8 Å². The minimum absolute atomic E-state index is 0.0184. The van der Waals surface area contributed by atoms with Crippen LogP contribution < -0.4 is 15.8 Å². The Morgan fingerprint density at radius 3 is 2.65 bits per heavy atom. The van der Waals surface area contributed by atoms with Crippen molar-refractivity contribution in [2.45, 2.75) is 44.9 Å². The van der Waals surface area contributed by atoms with Crippen LogP contribution in [0.2, 0.25) is 0 Å². The monoisotopic (exact) mass is 239 g/mol. The Kier molecular flexibility index (Phi) is 3.28. The Balaban J connectivity index is 2.03. The SMILES string of the molecule is CC(C)Oc1nc(N)nc(NC2CC(O)C2)n1. The molecule has 1 aromatic rings. The van der Waals surface area contributed by atoms with Gasteiger partial charge in [0, 0.05) is 6.04 Å². The third kappa shape index (κ3) is 3.16. The molecule has 0 radical (unpaired) electrons. The first-order chi connectivity index (χ1) is 8.02. The minimum atomic E-state index is -0.224. The highest BCUT2D eigenvalue weighted by molar-refractivity contribution is 5.34. The van der Waals surface area contributed by atoms with Crippen molar-refractivity contribution >= 4 is 11.9 Å². The van der Waals surface area contributed by atoms with Crippen LogP contribution in [0.15, 0.2) is 0 Å². The first-order valence-corrected chi connectivity index (χ1v) is 5.65. The van der Waals surface area contributed by atoms with E-state index in [2.05, 4.69) is 20.3 Å². The van der Waals surface area contributed by atoms with Crippen molar-refractivity contribution in [1.82, 2.24) is 15.0 Å². The van der Waals surface area contributed by atoms with Gasteiger partial charge in [-0.05, 0) is 26.7 Å². The lowest BCUT2D eigenvalue weighted by atomic mass is 9.90. The van der Waals surface area contributed by atoms with Gasteiger partial charge < -0.3 is 20.9 Å². The summed E-state index contributed by atoms with van der Waals surface area (Å²) in [4.78, 5) is 12.0. The first kappa shape index (κ1) is 11.8. The van der Waals surface area contributed by atoms with E-state index in [0.29, 0.717) is 18.8 Å². The van der Waals surface area contributed by atoms with Gasteiger partial charge in [-0.25, -0.2) is 0 Å². The molecule has 1 saturated carbocycles. The molecule has 1 aromatic heterocycles. The summed E-state index contributed by atoms with van der Waals surface area (Å²) in [5.41, 5.74) is 5.57. The van der Waals surface area contributed by atoms with Crippen molar-refractivity contribution in [3.8, 4) is 6.01 Å². The zero-order chi connectivity index (χ0) is 12.4. The summed E-state index contributed by atoms with van der Waals surface area (Å²) in [6.45, 7) is 3.77. The summed E-state index contributed by atoms with van der Waals surface area (Å²) >= 11 is 0. The Labute approximate surface area is 99.4 Å². The lowest BCUT2D eigenvalue weighted by Crippen LogP contribution is -2.39. The quantitative estimate of drug-likeness (QED) is 0.687. The van der Waals surface area contributed by atoms with Gasteiger partial charge in [0.2, 0.25) is 11.9 Å². The summed E-state index contributed by atoms with van der Waals surface area (Å²) in [7, 11) is 0. The Morgan fingerprint density at radius 2 is 2.06 bits per heavy atom. The average Bonchev–Trinajstić information content (AvgIpc) is 2.12. The summed E-state index contributed by atoms with van der Waals surface area (Å²) in [6, 6.07) is 0.411. The van der Waals surface area contributed by atoms with Crippen LogP contribution in [0, 0.1) is 0 Å². The molecular formula is C10H17N5O2. The van der Waals surface area contributed by atoms with Crippen LogP contribution in [0.5, 0.6) is 6.01 Å². The fraction of sp³-hybridized carbons (Fsp3) is 0.700. The largest absolute Gasteiger partial charge is 0.461 e. The number of nitrogens with zero attached hydrogens (tertiary/aromatic N) is 3. The number of hydrogen-bond acceptors (Lipinski definition) is 7. The molecule has 0 bridgehead atoms. The maximum Gasteiger partial charge on any atom is 0.323 e. The van der Waals surface area contributed by atoms with Gasteiger partial charge in [-0.2, -0.15) is 15.0 Å². The molecule has 0 aromatic carbocycles. The average molecular weight is 239 g/mol. The van der Waals surface area contributed by atoms with Crippen LogP contribution in [0.25, 0.3) is 0 Å². The van der Waals surface area contributed by atoms with E-state index in [-0.39, 0.29) is 30.2 Å². The number of aromatic nitrogens is 3. The smallest absolute Gasteiger partial charge is 0.323 e. The molecule has 1 aliphatic rings. The molecule has 94 valence electrons. The van der Waals surface area contributed by atoms with Crippen molar-refractivity contribution in [2.24, 2.45) is 0 Å². The molecule has 0 atom stereocenters. The molecule has 4 N–H and O–H groups in total. The van der Waals surface area contributed by atoms with Crippen molar-refractivity contribution in [2.75, 3.05) is 11.1 Å². The molecule has 1 aliphatic carbocycles. The predicted molar refractivity (Wildman–Crippen MR) is 62.7 cm³/mol. The lowest BCUT2D eigenvalue weighted by Gasteiger charge is -2.31. The van der Waals surface area contributed by atoms with Gasteiger partial charge in [0.25, 0.3) is 0 Å². The number of nitrogens with two attached hydrogens (primary N) is 1. The number of rotatable bonds is 4. The van der Waals surface area contributed by atoms with Gasteiger partial charge in [0.05, 0.1) is 12.2 Å². The van der Waals surface area contributed by atoms with E-state index < -0.39 is 0 Å². The molecule has 0 unspecified atom stereocenters. The predicted octanol–water partition coefficient (Wildman–Crippen LogP) is 0.176. The van der Waals surface area contributed by atoms with Gasteiger partial charge in [-0.1, -0.05) is 0 Å². The molecule has 2 rings (SSSR count). The molecular weight excluding hydrogens is 222 g/mol.